The average molecular weight is 422 g/mol. The van der Waals surface area contributed by atoms with Gasteiger partial charge in [-0.2, -0.15) is 0 Å². The van der Waals surface area contributed by atoms with Crippen molar-refractivity contribution >= 4 is 60.7 Å². The molecule has 0 heterocycles. The van der Waals surface area contributed by atoms with Gasteiger partial charge in [-0.05, 0) is 50.8 Å². The molecule has 20 heavy (non-hydrogen) atoms. The summed E-state index contributed by atoms with van der Waals surface area (Å²) in [5, 5.41) is 2.88. The van der Waals surface area contributed by atoms with Crippen LogP contribution < -0.4 is 15.8 Å². The van der Waals surface area contributed by atoms with Crippen LogP contribution in [0.1, 0.15) is 19.3 Å². The molecular formula is C13H14Br2N2O2S. The maximum absolute atomic E-state index is 12.4. The van der Waals surface area contributed by atoms with E-state index in [9.17, 15) is 4.79 Å². The maximum Gasteiger partial charge on any atom is 0.237 e. The first kappa shape index (κ1) is 15.7. The first-order valence-corrected chi connectivity index (χ1v) is 8.04. The maximum atomic E-state index is 12.4. The van der Waals surface area contributed by atoms with Crippen molar-refractivity contribution in [2.45, 2.75) is 19.3 Å². The topological polar surface area (TPSA) is 64.3 Å². The largest absolute Gasteiger partial charge is 0.495 e. The van der Waals surface area contributed by atoms with Crippen LogP contribution in [0, 0.1) is 5.41 Å². The molecule has 1 aromatic rings. The van der Waals surface area contributed by atoms with Crippen molar-refractivity contribution in [3.63, 3.8) is 0 Å². The van der Waals surface area contributed by atoms with E-state index in [1.54, 1.807) is 13.2 Å². The van der Waals surface area contributed by atoms with Gasteiger partial charge in [0, 0.05) is 10.5 Å². The lowest BCUT2D eigenvalue weighted by molar-refractivity contribution is -0.125. The van der Waals surface area contributed by atoms with E-state index >= 15 is 0 Å². The second-order valence-corrected chi connectivity index (χ2v) is 6.87. The second kappa shape index (κ2) is 5.99. The molecule has 0 saturated heterocycles. The van der Waals surface area contributed by atoms with E-state index in [0.717, 1.165) is 15.4 Å². The third-order valence-corrected chi connectivity index (χ3v) is 5.27. The normalized spacial score (nSPS) is 16.1. The molecule has 0 unspecified atom stereocenters. The molecule has 0 bridgehead atoms. The van der Waals surface area contributed by atoms with Crippen molar-refractivity contribution in [1.82, 2.24) is 0 Å². The monoisotopic (exact) mass is 420 g/mol. The third kappa shape index (κ3) is 2.71. The number of methoxy groups -OCH3 is 1. The van der Waals surface area contributed by atoms with Gasteiger partial charge >= 0.3 is 0 Å². The number of rotatable bonds is 4. The minimum Gasteiger partial charge on any atom is -0.495 e. The summed E-state index contributed by atoms with van der Waals surface area (Å²) in [6.45, 7) is 0. The van der Waals surface area contributed by atoms with E-state index in [1.807, 2.05) is 6.07 Å². The Morgan fingerprint density at radius 1 is 1.40 bits per heavy atom. The fourth-order valence-corrected chi connectivity index (χ4v) is 3.69. The van der Waals surface area contributed by atoms with Crippen LogP contribution in [0.4, 0.5) is 5.69 Å². The Kier molecular flexibility index (Phi) is 4.71. The molecular weight excluding hydrogens is 408 g/mol. The number of nitrogens with one attached hydrogen (secondary N) is 1. The van der Waals surface area contributed by atoms with E-state index in [1.165, 1.54) is 0 Å². The minimum absolute atomic E-state index is 0.152. The van der Waals surface area contributed by atoms with Crippen LogP contribution in [0.5, 0.6) is 5.75 Å². The minimum atomic E-state index is -0.699. The van der Waals surface area contributed by atoms with Crippen LogP contribution in [0.3, 0.4) is 0 Å². The lowest BCUT2D eigenvalue weighted by atomic mass is 9.68. The zero-order chi connectivity index (χ0) is 14.9. The van der Waals surface area contributed by atoms with Crippen LogP contribution in [-0.4, -0.2) is 18.0 Å². The molecule has 0 aromatic heterocycles. The number of thiocarbonyl (C=S) groups is 1. The number of hydrogen-bond acceptors (Lipinski definition) is 3. The number of nitrogens with two attached hydrogens (primary N) is 1. The Hall–Kier alpha value is -0.660. The van der Waals surface area contributed by atoms with Gasteiger partial charge in [-0.15, -0.1) is 0 Å². The predicted octanol–water partition coefficient (Wildman–Crippen LogP) is 3.62. The van der Waals surface area contributed by atoms with Crippen LogP contribution in [0.2, 0.25) is 0 Å². The molecule has 0 radical (unpaired) electrons. The Balaban J connectivity index is 2.26. The molecule has 0 spiro atoms. The number of hydrogen-bond donors (Lipinski definition) is 2. The third-order valence-electron chi connectivity index (χ3n) is 3.60. The molecule has 108 valence electrons. The molecule has 1 amide bonds. The zero-order valence-corrected chi connectivity index (χ0v) is 14.8. The standard InChI is InChI=1S/C13H14Br2N2O2S/c1-19-10-6-9(7(14)5-8(10)15)17-12(18)13(11(16)20)3-2-4-13/h5-6H,2-4H2,1H3,(H2,16,20)(H,17,18). The predicted molar refractivity (Wildman–Crippen MR) is 90.1 cm³/mol. The first-order chi connectivity index (χ1) is 9.40. The van der Waals surface area contributed by atoms with Crippen molar-refractivity contribution in [2.75, 3.05) is 12.4 Å². The fraction of sp³-hybridized carbons (Fsp3) is 0.385. The molecule has 7 heteroatoms. The molecule has 2 rings (SSSR count). The molecule has 1 aromatic carbocycles. The van der Waals surface area contributed by atoms with Crippen molar-refractivity contribution < 1.29 is 9.53 Å². The van der Waals surface area contributed by atoms with Gasteiger partial charge < -0.3 is 15.8 Å². The summed E-state index contributed by atoms with van der Waals surface area (Å²) in [6, 6.07) is 3.57. The van der Waals surface area contributed by atoms with Crippen molar-refractivity contribution in [1.29, 1.82) is 0 Å². The zero-order valence-electron chi connectivity index (χ0n) is 10.8. The summed E-state index contributed by atoms with van der Waals surface area (Å²) in [5.74, 6) is 0.489. The van der Waals surface area contributed by atoms with Gasteiger partial charge in [0.25, 0.3) is 0 Å². The highest BCUT2D eigenvalue weighted by Crippen LogP contribution is 2.43. The second-order valence-electron chi connectivity index (χ2n) is 4.72. The van der Waals surface area contributed by atoms with Crippen LogP contribution in [0.15, 0.2) is 21.1 Å². The number of carbonyl (C=O) groups excluding carboxylic acids is 1. The van der Waals surface area contributed by atoms with E-state index in [0.29, 0.717) is 24.3 Å². The summed E-state index contributed by atoms with van der Waals surface area (Å²) in [5.41, 5.74) is 5.67. The Morgan fingerprint density at radius 3 is 2.50 bits per heavy atom. The van der Waals surface area contributed by atoms with Gasteiger partial charge in [-0.1, -0.05) is 18.6 Å². The molecule has 0 atom stereocenters. The van der Waals surface area contributed by atoms with Gasteiger partial charge in [0.1, 0.15) is 5.75 Å². The molecule has 1 aliphatic rings. The van der Waals surface area contributed by atoms with E-state index in [2.05, 4.69) is 37.2 Å². The van der Waals surface area contributed by atoms with Gasteiger partial charge in [0.2, 0.25) is 5.91 Å². The summed E-state index contributed by atoms with van der Waals surface area (Å²) in [6.07, 6.45) is 2.38. The first-order valence-electron chi connectivity index (χ1n) is 6.05. The number of anilines is 1. The lowest BCUT2D eigenvalue weighted by Crippen LogP contribution is -2.50. The quantitative estimate of drug-likeness (QED) is 0.728. The molecule has 4 nitrogen and oxygen atoms in total. The van der Waals surface area contributed by atoms with Crippen molar-refractivity contribution in [3.05, 3.63) is 21.1 Å². The van der Waals surface area contributed by atoms with E-state index in [-0.39, 0.29) is 10.9 Å². The highest BCUT2D eigenvalue weighted by atomic mass is 79.9. The summed E-state index contributed by atoms with van der Waals surface area (Å²) in [7, 11) is 1.57. The van der Waals surface area contributed by atoms with Gasteiger partial charge in [-0.25, -0.2) is 0 Å². The van der Waals surface area contributed by atoms with Gasteiger partial charge in [0.05, 0.1) is 27.7 Å². The Bertz CT molecular complexity index is 574. The Labute approximate surface area is 139 Å². The number of amides is 1. The number of carbonyl (C=O) groups is 1. The highest BCUT2D eigenvalue weighted by molar-refractivity contribution is 9.11. The Morgan fingerprint density at radius 2 is 2.05 bits per heavy atom. The molecule has 1 fully saturated rings. The lowest BCUT2D eigenvalue weighted by Gasteiger charge is -2.39. The smallest absolute Gasteiger partial charge is 0.237 e. The summed E-state index contributed by atoms with van der Waals surface area (Å²) in [4.78, 5) is 12.7. The highest BCUT2D eigenvalue weighted by Gasteiger charge is 2.47. The molecule has 1 aliphatic carbocycles. The van der Waals surface area contributed by atoms with Crippen LogP contribution in [-0.2, 0) is 4.79 Å². The van der Waals surface area contributed by atoms with Crippen molar-refractivity contribution in [3.8, 4) is 5.75 Å². The van der Waals surface area contributed by atoms with Gasteiger partial charge in [0.15, 0.2) is 0 Å². The molecule has 3 N–H and O–H groups in total. The average Bonchev–Trinajstić information content (AvgIpc) is 2.30. The van der Waals surface area contributed by atoms with Crippen LogP contribution >= 0.6 is 44.1 Å². The van der Waals surface area contributed by atoms with Crippen molar-refractivity contribution in [2.24, 2.45) is 11.1 Å². The number of halogens is 2. The molecule has 1 saturated carbocycles. The number of benzene rings is 1. The van der Waals surface area contributed by atoms with E-state index in [4.69, 9.17) is 22.7 Å². The summed E-state index contributed by atoms with van der Waals surface area (Å²) < 4.78 is 6.79. The number of ether oxygens (including phenoxy) is 1. The van der Waals surface area contributed by atoms with Gasteiger partial charge in [-0.3, -0.25) is 4.79 Å². The van der Waals surface area contributed by atoms with Crippen LogP contribution in [0.25, 0.3) is 0 Å². The van der Waals surface area contributed by atoms with E-state index < -0.39 is 5.41 Å². The fourth-order valence-electron chi connectivity index (χ4n) is 2.14. The summed E-state index contributed by atoms with van der Waals surface area (Å²) >= 11 is 11.9. The SMILES string of the molecule is COc1cc(NC(=O)C2(C(N)=S)CCC2)c(Br)cc1Br. The molecule has 0 aliphatic heterocycles.